The van der Waals surface area contributed by atoms with Crippen LogP contribution in [0.2, 0.25) is 0 Å². The van der Waals surface area contributed by atoms with Gasteiger partial charge in [0.25, 0.3) is 5.60 Å². The summed E-state index contributed by atoms with van der Waals surface area (Å²) in [6.07, 6.45) is 4.15. The van der Waals surface area contributed by atoms with Crippen molar-refractivity contribution < 1.29 is 23.9 Å². The highest BCUT2D eigenvalue weighted by Gasteiger charge is 2.48. The molecule has 32 heavy (non-hydrogen) atoms. The molecule has 0 spiro atoms. The SMILES string of the molecule is CC1CCC(C)CC(OC(=O)C(OC(=O)CCC=O)(c2ccccc2)c2ccccc2)C1. The van der Waals surface area contributed by atoms with Crippen molar-refractivity contribution in [2.75, 3.05) is 0 Å². The Bertz CT molecular complexity index is 841. The molecule has 0 saturated heterocycles. The largest absolute Gasteiger partial charge is 0.459 e. The topological polar surface area (TPSA) is 69.7 Å². The monoisotopic (exact) mass is 436 g/mol. The number of carbonyl (C=O) groups excluding carboxylic acids is 3. The first-order valence-electron chi connectivity index (χ1n) is 11.4. The van der Waals surface area contributed by atoms with Crippen molar-refractivity contribution in [2.24, 2.45) is 11.8 Å². The number of benzene rings is 2. The average Bonchev–Trinajstić information content (AvgIpc) is 2.96. The van der Waals surface area contributed by atoms with E-state index in [0.29, 0.717) is 29.2 Å². The maximum absolute atomic E-state index is 13.9. The highest BCUT2D eigenvalue weighted by molar-refractivity contribution is 5.89. The van der Waals surface area contributed by atoms with Crippen molar-refractivity contribution in [3.05, 3.63) is 71.8 Å². The van der Waals surface area contributed by atoms with Crippen LogP contribution < -0.4 is 0 Å². The zero-order chi connectivity index (χ0) is 23.0. The molecule has 0 bridgehead atoms. The van der Waals surface area contributed by atoms with Crippen molar-refractivity contribution in [1.29, 1.82) is 0 Å². The van der Waals surface area contributed by atoms with Crippen LogP contribution in [0.15, 0.2) is 60.7 Å². The molecule has 170 valence electrons. The van der Waals surface area contributed by atoms with Gasteiger partial charge in [0.15, 0.2) is 0 Å². The van der Waals surface area contributed by atoms with Gasteiger partial charge < -0.3 is 14.3 Å². The van der Waals surface area contributed by atoms with E-state index < -0.39 is 17.5 Å². The molecule has 5 nitrogen and oxygen atoms in total. The third-order valence-electron chi connectivity index (χ3n) is 6.14. The lowest BCUT2D eigenvalue weighted by molar-refractivity contribution is -0.184. The number of ether oxygens (including phenoxy) is 2. The molecule has 1 aliphatic rings. The number of aldehydes is 1. The van der Waals surface area contributed by atoms with Crippen LogP contribution in [0.5, 0.6) is 0 Å². The Hall–Kier alpha value is -2.95. The first-order valence-corrected chi connectivity index (χ1v) is 11.4. The molecule has 1 saturated carbocycles. The van der Waals surface area contributed by atoms with Crippen molar-refractivity contribution in [1.82, 2.24) is 0 Å². The standard InChI is InChI=1S/C27H32O5/c1-20-15-16-21(2)19-24(18-20)31-26(30)27(22-10-5-3-6-11-22,23-12-7-4-8-13-23)32-25(29)14-9-17-28/h3-8,10-13,17,20-21,24H,9,14-16,18-19H2,1-2H3. The van der Waals surface area contributed by atoms with Crippen LogP contribution >= 0.6 is 0 Å². The van der Waals surface area contributed by atoms with Crippen molar-refractivity contribution >= 4 is 18.2 Å². The smallest absolute Gasteiger partial charge is 0.360 e. The third-order valence-corrected chi connectivity index (χ3v) is 6.14. The van der Waals surface area contributed by atoms with E-state index in [9.17, 15) is 14.4 Å². The Labute approximate surface area is 190 Å². The van der Waals surface area contributed by atoms with Crippen molar-refractivity contribution in [3.63, 3.8) is 0 Å². The summed E-state index contributed by atoms with van der Waals surface area (Å²) >= 11 is 0. The minimum Gasteiger partial charge on any atom is -0.459 e. The van der Waals surface area contributed by atoms with Gasteiger partial charge in [0.2, 0.25) is 0 Å². The predicted octanol–water partition coefficient (Wildman–Crippen LogP) is 5.21. The van der Waals surface area contributed by atoms with Crippen LogP contribution in [0, 0.1) is 11.8 Å². The van der Waals surface area contributed by atoms with Crippen LogP contribution in [0.1, 0.15) is 63.5 Å². The quantitative estimate of drug-likeness (QED) is 0.323. The van der Waals surface area contributed by atoms with E-state index in [-0.39, 0.29) is 18.9 Å². The van der Waals surface area contributed by atoms with Gasteiger partial charge in [-0.05, 0) is 24.7 Å². The first kappa shape index (κ1) is 23.7. The lowest BCUT2D eigenvalue weighted by Gasteiger charge is -2.34. The predicted molar refractivity (Wildman–Crippen MR) is 122 cm³/mol. The van der Waals surface area contributed by atoms with E-state index in [1.54, 1.807) is 48.5 Å². The highest BCUT2D eigenvalue weighted by Crippen LogP contribution is 2.38. The fourth-order valence-electron chi connectivity index (χ4n) is 4.44. The van der Waals surface area contributed by atoms with Crippen molar-refractivity contribution in [3.8, 4) is 0 Å². The van der Waals surface area contributed by atoms with Crippen LogP contribution in [-0.2, 0) is 29.5 Å². The summed E-state index contributed by atoms with van der Waals surface area (Å²) in [4.78, 5) is 37.4. The summed E-state index contributed by atoms with van der Waals surface area (Å²) in [6, 6.07) is 17.9. The fraction of sp³-hybridized carbons (Fsp3) is 0.444. The molecular formula is C27H32O5. The number of hydrogen-bond donors (Lipinski definition) is 0. The Kier molecular flexibility index (Phi) is 8.20. The summed E-state index contributed by atoms with van der Waals surface area (Å²) in [5.41, 5.74) is -0.697. The summed E-state index contributed by atoms with van der Waals surface area (Å²) in [7, 11) is 0. The van der Waals surface area contributed by atoms with Gasteiger partial charge in [-0.1, -0.05) is 87.4 Å². The maximum Gasteiger partial charge on any atom is 0.360 e. The second-order valence-electron chi connectivity index (χ2n) is 8.88. The zero-order valence-corrected chi connectivity index (χ0v) is 18.9. The van der Waals surface area contributed by atoms with Gasteiger partial charge in [0.1, 0.15) is 12.4 Å². The molecule has 1 fully saturated rings. The van der Waals surface area contributed by atoms with E-state index in [1.165, 1.54) is 0 Å². The van der Waals surface area contributed by atoms with E-state index in [2.05, 4.69) is 13.8 Å². The van der Waals surface area contributed by atoms with Crippen LogP contribution in [0.3, 0.4) is 0 Å². The first-order chi connectivity index (χ1) is 15.5. The van der Waals surface area contributed by atoms with Crippen molar-refractivity contribution in [2.45, 2.75) is 64.1 Å². The zero-order valence-electron chi connectivity index (χ0n) is 18.9. The van der Waals surface area contributed by atoms with E-state index >= 15 is 0 Å². The van der Waals surface area contributed by atoms with Gasteiger partial charge >= 0.3 is 11.9 Å². The average molecular weight is 437 g/mol. The molecule has 0 N–H and O–H groups in total. The molecule has 0 aliphatic heterocycles. The third kappa shape index (κ3) is 5.64. The van der Waals surface area contributed by atoms with Gasteiger partial charge in [-0.25, -0.2) is 4.79 Å². The van der Waals surface area contributed by atoms with Crippen LogP contribution in [0.25, 0.3) is 0 Å². The van der Waals surface area contributed by atoms with E-state index in [4.69, 9.17) is 9.47 Å². The molecule has 3 rings (SSSR count). The van der Waals surface area contributed by atoms with Crippen LogP contribution in [-0.4, -0.2) is 24.3 Å². The summed E-state index contributed by atoms with van der Waals surface area (Å²) in [6.45, 7) is 4.36. The molecule has 0 heterocycles. The van der Waals surface area contributed by atoms with E-state index in [1.807, 2.05) is 12.1 Å². The number of carbonyl (C=O) groups is 3. The minimum atomic E-state index is -1.73. The Morgan fingerprint density at radius 1 is 0.906 bits per heavy atom. The summed E-state index contributed by atoms with van der Waals surface area (Å²) in [5, 5.41) is 0. The Morgan fingerprint density at radius 2 is 1.41 bits per heavy atom. The van der Waals surface area contributed by atoms with Gasteiger partial charge in [0, 0.05) is 17.5 Å². The molecular weight excluding hydrogens is 404 g/mol. The molecule has 2 aromatic carbocycles. The molecule has 2 unspecified atom stereocenters. The molecule has 0 aromatic heterocycles. The summed E-state index contributed by atoms with van der Waals surface area (Å²) < 4.78 is 12.0. The number of esters is 2. The molecule has 2 aromatic rings. The van der Waals surface area contributed by atoms with Gasteiger partial charge in [-0.15, -0.1) is 0 Å². The number of rotatable bonds is 8. The van der Waals surface area contributed by atoms with Gasteiger partial charge in [0.05, 0.1) is 6.42 Å². The molecule has 0 amide bonds. The maximum atomic E-state index is 13.9. The highest BCUT2D eigenvalue weighted by atomic mass is 16.6. The van der Waals surface area contributed by atoms with Gasteiger partial charge in [-0.2, -0.15) is 0 Å². The molecule has 5 heteroatoms. The normalized spacial score (nSPS) is 21.2. The fourth-order valence-corrected chi connectivity index (χ4v) is 4.44. The Balaban J connectivity index is 2.04. The summed E-state index contributed by atoms with van der Waals surface area (Å²) in [5.74, 6) is -0.309. The number of hydrogen-bond acceptors (Lipinski definition) is 5. The molecule has 1 aliphatic carbocycles. The van der Waals surface area contributed by atoms with Crippen LogP contribution in [0.4, 0.5) is 0 Å². The second kappa shape index (κ2) is 11.1. The lowest BCUT2D eigenvalue weighted by atomic mass is 9.85. The van der Waals surface area contributed by atoms with E-state index in [0.717, 1.165) is 25.7 Å². The molecule has 0 radical (unpaired) electrons. The van der Waals surface area contributed by atoms with Gasteiger partial charge in [-0.3, -0.25) is 4.79 Å². The Morgan fingerprint density at radius 3 is 1.88 bits per heavy atom. The lowest BCUT2D eigenvalue weighted by Crippen LogP contribution is -2.44. The minimum absolute atomic E-state index is 0.0329. The molecule has 2 atom stereocenters. The second-order valence-corrected chi connectivity index (χ2v) is 8.88.